The van der Waals surface area contributed by atoms with Crippen LogP contribution in [0.1, 0.15) is 13.8 Å². The molecule has 0 aliphatic heterocycles. The Kier molecular flexibility index (Phi) is 3.52. The number of hydrogen-bond acceptors (Lipinski definition) is 3. The molecular weight excluding hydrogens is 274 g/mol. The minimum Gasteiger partial charge on any atom is -0.329 e. The maximum absolute atomic E-state index is 5.91. The Hall–Kier alpha value is -0.520. The number of fused-ring (bicyclic) bond motifs is 1. The Morgan fingerprint density at radius 2 is 2.29 bits per heavy atom. The fraction of sp³-hybridized carbons (Fsp3) is 0.455. The molecule has 17 heavy (non-hydrogen) atoms. The summed E-state index contributed by atoms with van der Waals surface area (Å²) >= 11 is 13.0. The Bertz CT molecular complexity index is 600. The zero-order valence-corrected chi connectivity index (χ0v) is 12.3. The van der Waals surface area contributed by atoms with Gasteiger partial charge >= 0.3 is 0 Å². The van der Waals surface area contributed by atoms with E-state index in [9.17, 15) is 0 Å². The molecule has 1 N–H and O–H groups in total. The van der Waals surface area contributed by atoms with Gasteiger partial charge in [-0.1, -0.05) is 11.6 Å². The number of thioether (sulfide) groups is 1. The molecule has 0 unspecified atom stereocenters. The second-order valence-corrected chi connectivity index (χ2v) is 6.84. The highest BCUT2D eigenvalue weighted by atomic mass is 35.5. The van der Waals surface area contributed by atoms with E-state index >= 15 is 0 Å². The summed E-state index contributed by atoms with van der Waals surface area (Å²) in [6.07, 6.45) is 3.75. The predicted octanol–water partition coefficient (Wildman–Crippen LogP) is 3.89. The van der Waals surface area contributed by atoms with E-state index in [1.54, 1.807) is 6.20 Å². The topological polar surface area (TPSA) is 33.6 Å². The first kappa shape index (κ1) is 12.9. The second kappa shape index (κ2) is 4.63. The third-order valence-electron chi connectivity index (χ3n) is 2.67. The molecule has 0 spiro atoms. The van der Waals surface area contributed by atoms with Gasteiger partial charge in [0.25, 0.3) is 0 Å². The summed E-state index contributed by atoms with van der Waals surface area (Å²) < 4.78 is 2.84. The van der Waals surface area contributed by atoms with Crippen LogP contribution in [0.5, 0.6) is 0 Å². The summed E-state index contributed by atoms with van der Waals surface area (Å²) in [5.74, 6) is 0. The van der Waals surface area contributed by atoms with Gasteiger partial charge < -0.3 is 9.55 Å². The van der Waals surface area contributed by atoms with Crippen molar-refractivity contribution in [3.8, 4) is 0 Å². The van der Waals surface area contributed by atoms with Crippen molar-refractivity contribution in [2.24, 2.45) is 0 Å². The largest absolute Gasteiger partial charge is 0.329 e. The summed E-state index contributed by atoms with van der Waals surface area (Å²) in [6, 6.07) is 1.85. The van der Waals surface area contributed by atoms with Crippen LogP contribution in [-0.2, 0) is 6.54 Å². The van der Waals surface area contributed by atoms with Crippen LogP contribution in [0.15, 0.2) is 12.3 Å². The third-order valence-corrected chi connectivity index (χ3v) is 4.43. The number of rotatable bonds is 3. The maximum Gasteiger partial charge on any atom is 0.179 e. The summed E-state index contributed by atoms with van der Waals surface area (Å²) in [5.41, 5.74) is 1.75. The molecule has 2 aromatic rings. The van der Waals surface area contributed by atoms with Gasteiger partial charge in [-0.15, -0.1) is 0 Å². The molecule has 0 bridgehead atoms. The SMILES string of the molecule is CSC(C)(C)Cn1c(=S)[nH]c2cc(Cl)cnc21. The average molecular weight is 288 g/mol. The predicted molar refractivity (Wildman–Crippen MR) is 77.5 cm³/mol. The highest BCUT2D eigenvalue weighted by Gasteiger charge is 2.19. The van der Waals surface area contributed by atoms with Crippen LogP contribution in [-0.4, -0.2) is 25.5 Å². The molecule has 2 heterocycles. The van der Waals surface area contributed by atoms with E-state index in [0.29, 0.717) is 9.79 Å². The highest BCUT2D eigenvalue weighted by molar-refractivity contribution is 7.99. The number of hydrogen-bond donors (Lipinski definition) is 1. The molecule has 92 valence electrons. The molecule has 2 aromatic heterocycles. The van der Waals surface area contributed by atoms with Crippen molar-refractivity contribution in [3.05, 3.63) is 22.1 Å². The molecule has 0 radical (unpaired) electrons. The van der Waals surface area contributed by atoms with Crippen molar-refractivity contribution in [3.63, 3.8) is 0 Å². The van der Waals surface area contributed by atoms with Crippen LogP contribution in [0.25, 0.3) is 11.2 Å². The fourth-order valence-corrected chi connectivity index (χ4v) is 2.29. The van der Waals surface area contributed by atoms with Gasteiger partial charge in [0.2, 0.25) is 0 Å². The van der Waals surface area contributed by atoms with Gasteiger partial charge in [0.15, 0.2) is 10.4 Å². The molecule has 0 aliphatic carbocycles. The van der Waals surface area contributed by atoms with Gasteiger partial charge in [-0.25, -0.2) is 4.98 Å². The lowest BCUT2D eigenvalue weighted by atomic mass is 10.2. The summed E-state index contributed by atoms with van der Waals surface area (Å²) in [4.78, 5) is 7.48. The monoisotopic (exact) mass is 287 g/mol. The normalized spacial score (nSPS) is 12.2. The first-order valence-corrected chi connectivity index (χ1v) is 7.23. The average Bonchev–Trinajstić information content (AvgIpc) is 2.54. The van der Waals surface area contributed by atoms with E-state index in [1.807, 2.05) is 22.4 Å². The molecule has 0 amide bonds. The lowest BCUT2D eigenvalue weighted by Crippen LogP contribution is -2.22. The smallest absolute Gasteiger partial charge is 0.179 e. The zero-order chi connectivity index (χ0) is 12.6. The van der Waals surface area contributed by atoms with E-state index in [4.69, 9.17) is 23.8 Å². The fourth-order valence-electron chi connectivity index (χ4n) is 1.61. The molecule has 0 atom stereocenters. The molecule has 0 aromatic carbocycles. The van der Waals surface area contributed by atoms with Crippen LogP contribution in [0.3, 0.4) is 0 Å². The van der Waals surface area contributed by atoms with E-state index < -0.39 is 0 Å². The van der Waals surface area contributed by atoms with Crippen LogP contribution in [0.2, 0.25) is 5.02 Å². The minimum atomic E-state index is 0.120. The Morgan fingerprint density at radius 3 is 2.94 bits per heavy atom. The number of H-pyrrole nitrogens is 1. The molecule has 0 aliphatic rings. The van der Waals surface area contributed by atoms with Crippen LogP contribution < -0.4 is 0 Å². The molecule has 0 fully saturated rings. The van der Waals surface area contributed by atoms with Crippen molar-refractivity contribution in [1.29, 1.82) is 0 Å². The van der Waals surface area contributed by atoms with Gasteiger partial charge in [-0.3, -0.25) is 0 Å². The number of imidazole rings is 1. The maximum atomic E-state index is 5.91. The standard InChI is InChI=1S/C11H14ClN3S2/c1-11(2,17-3)6-15-9-8(14-10(15)16)4-7(12)5-13-9/h4-5H,6H2,1-3H3,(H,14,16). The van der Waals surface area contributed by atoms with Crippen molar-refractivity contribution in [1.82, 2.24) is 14.5 Å². The van der Waals surface area contributed by atoms with E-state index in [2.05, 4.69) is 30.1 Å². The summed E-state index contributed by atoms with van der Waals surface area (Å²) in [6.45, 7) is 5.20. The van der Waals surface area contributed by atoms with Gasteiger partial charge in [0.05, 0.1) is 10.5 Å². The minimum absolute atomic E-state index is 0.120. The quantitative estimate of drug-likeness (QED) is 0.870. The highest BCUT2D eigenvalue weighted by Crippen LogP contribution is 2.26. The van der Waals surface area contributed by atoms with E-state index in [1.165, 1.54) is 0 Å². The number of nitrogens with one attached hydrogen (secondary N) is 1. The lowest BCUT2D eigenvalue weighted by molar-refractivity contribution is 0.572. The van der Waals surface area contributed by atoms with Gasteiger partial charge in [0, 0.05) is 17.5 Å². The number of aromatic nitrogens is 3. The van der Waals surface area contributed by atoms with Crippen molar-refractivity contribution >= 4 is 46.7 Å². The van der Waals surface area contributed by atoms with Gasteiger partial charge in [0.1, 0.15) is 0 Å². The first-order valence-electron chi connectivity index (χ1n) is 5.22. The lowest BCUT2D eigenvalue weighted by Gasteiger charge is -2.22. The molecule has 3 nitrogen and oxygen atoms in total. The van der Waals surface area contributed by atoms with Crippen molar-refractivity contribution in [2.45, 2.75) is 25.1 Å². The van der Waals surface area contributed by atoms with Crippen molar-refractivity contribution < 1.29 is 0 Å². The Balaban J connectivity index is 2.54. The number of aromatic amines is 1. The molecule has 0 saturated carbocycles. The van der Waals surface area contributed by atoms with Crippen molar-refractivity contribution in [2.75, 3.05) is 6.26 Å². The molecule has 6 heteroatoms. The molecule has 2 rings (SSSR count). The number of halogens is 1. The Labute approximate surface area is 115 Å². The second-order valence-electron chi connectivity index (χ2n) is 4.50. The van der Waals surface area contributed by atoms with Crippen LogP contribution in [0, 0.1) is 4.77 Å². The third kappa shape index (κ3) is 2.67. The number of pyridine rings is 1. The Morgan fingerprint density at radius 1 is 1.59 bits per heavy atom. The first-order chi connectivity index (χ1) is 7.93. The summed E-state index contributed by atoms with van der Waals surface area (Å²) in [7, 11) is 0. The summed E-state index contributed by atoms with van der Waals surface area (Å²) in [5, 5.41) is 0.616. The van der Waals surface area contributed by atoms with Crippen LogP contribution in [0.4, 0.5) is 0 Å². The molecule has 0 saturated heterocycles. The van der Waals surface area contributed by atoms with E-state index in [-0.39, 0.29) is 4.75 Å². The van der Waals surface area contributed by atoms with Gasteiger partial charge in [-0.05, 0) is 38.4 Å². The van der Waals surface area contributed by atoms with Gasteiger partial charge in [-0.2, -0.15) is 11.8 Å². The van der Waals surface area contributed by atoms with Crippen LogP contribution >= 0.6 is 35.6 Å². The zero-order valence-electron chi connectivity index (χ0n) is 9.95. The molecular formula is C11H14ClN3S2. The number of nitrogens with zero attached hydrogens (tertiary/aromatic N) is 2. The van der Waals surface area contributed by atoms with E-state index in [0.717, 1.165) is 17.7 Å².